The molecule has 1 rings (SSSR count). The van der Waals surface area contributed by atoms with Crippen LogP contribution in [0.1, 0.15) is 12.6 Å². The molecule has 1 heterocycles. The molecule has 0 bridgehead atoms. The van der Waals surface area contributed by atoms with Gasteiger partial charge < -0.3 is 5.73 Å². The second kappa shape index (κ2) is 3.19. The van der Waals surface area contributed by atoms with Crippen LogP contribution in [0.15, 0.2) is 12.1 Å². The highest BCUT2D eigenvalue weighted by Crippen LogP contribution is 1.79. The molecule has 2 heteroatoms. The predicted octanol–water partition coefficient (Wildman–Crippen LogP) is -0.113. The number of aryl methyl sites for hydroxylation is 1. The van der Waals surface area contributed by atoms with Gasteiger partial charge in [0.25, 0.3) is 0 Å². The summed E-state index contributed by atoms with van der Waals surface area (Å²) < 4.78 is 0. The van der Waals surface area contributed by atoms with E-state index >= 15 is 0 Å². The minimum absolute atomic E-state index is 0.854. The van der Waals surface area contributed by atoms with E-state index in [0.717, 1.165) is 16.3 Å². The Labute approximate surface area is 66.1 Å². The van der Waals surface area contributed by atoms with Gasteiger partial charge in [0.15, 0.2) is 0 Å². The lowest BCUT2D eigenvalue weighted by molar-refractivity contribution is 1.13. The maximum atomic E-state index is 5.39. The molecule has 1 aromatic heterocycles. The first-order valence-electron chi connectivity index (χ1n) is 3.60. The smallest absolute Gasteiger partial charge is 0.0856 e. The normalized spacial score (nSPS) is 14.0. The third kappa shape index (κ3) is 1.58. The topological polar surface area (TPSA) is 38.9 Å². The van der Waals surface area contributed by atoms with E-state index < -0.39 is 0 Å². The van der Waals surface area contributed by atoms with E-state index in [1.54, 1.807) is 0 Å². The second-order valence-electron chi connectivity index (χ2n) is 2.38. The second-order valence-corrected chi connectivity index (χ2v) is 2.38. The summed E-state index contributed by atoms with van der Waals surface area (Å²) in [6.45, 7) is 3.92. The molecular formula is C9H12N2. The van der Waals surface area contributed by atoms with Crippen LogP contribution < -0.4 is 16.3 Å². The molecule has 1 aromatic rings. The van der Waals surface area contributed by atoms with Crippen molar-refractivity contribution >= 4 is 12.3 Å². The third-order valence-corrected chi connectivity index (χ3v) is 1.57. The number of hydrogen-bond acceptors (Lipinski definition) is 2. The van der Waals surface area contributed by atoms with Gasteiger partial charge in [0.2, 0.25) is 0 Å². The van der Waals surface area contributed by atoms with E-state index in [9.17, 15) is 0 Å². The van der Waals surface area contributed by atoms with Gasteiger partial charge in [-0.25, -0.2) is 0 Å². The maximum Gasteiger partial charge on any atom is 0.0856 e. The van der Waals surface area contributed by atoms with Gasteiger partial charge in [-0.3, -0.25) is 4.98 Å². The zero-order valence-electron chi connectivity index (χ0n) is 6.83. The van der Waals surface area contributed by atoms with Crippen molar-refractivity contribution in [3.05, 3.63) is 28.4 Å². The van der Waals surface area contributed by atoms with Gasteiger partial charge in [0.1, 0.15) is 0 Å². The molecule has 0 saturated heterocycles. The number of rotatable bonds is 0. The largest absolute Gasteiger partial charge is 0.403 e. The van der Waals surface area contributed by atoms with E-state index in [0.29, 0.717) is 0 Å². The number of nitrogens with zero attached hydrogens (tertiary/aromatic N) is 1. The summed E-state index contributed by atoms with van der Waals surface area (Å²) in [6.07, 6.45) is 3.52. The molecule has 0 fully saturated rings. The van der Waals surface area contributed by atoms with Crippen molar-refractivity contribution in [1.29, 1.82) is 0 Å². The van der Waals surface area contributed by atoms with E-state index in [-0.39, 0.29) is 0 Å². The molecule has 0 spiro atoms. The molecule has 0 aliphatic carbocycles. The van der Waals surface area contributed by atoms with Crippen LogP contribution in [0.25, 0.3) is 12.3 Å². The van der Waals surface area contributed by atoms with E-state index in [4.69, 9.17) is 5.73 Å². The van der Waals surface area contributed by atoms with Gasteiger partial charge in [-0.15, -0.1) is 0 Å². The van der Waals surface area contributed by atoms with Gasteiger partial charge in [0, 0.05) is 11.9 Å². The molecule has 58 valence electrons. The van der Waals surface area contributed by atoms with Crippen LogP contribution in [0.3, 0.4) is 0 Å². The van der Waals surface area contributed by atoms with Gasteiger partial charge >= 0.3 is 0 Å². The molecule has 2 N–H and O–H groups in total. The summed E-state index contributed by atoms with van der Waals surface area (Å²) >= 11 is 0. The fourth-order valence-corrected chi connectivity index (χ4v) is 0.965. The van der Waals surface area contributed by atoms with E-state index in [1.807, 2.05) is 32.1 Å². The van der Waals surface area contributed by atoms with Crippen molar-refractivity contribution in [2.75, 3.05) is 0 Å². The van der Waals surface area contributed by atoms with Crippen LogP contribution in [-0.4, -0.2) is 4.98 Å². The fourth-order valence-electron chi connectivity index (χ4n) is 0.965. The monoisotopic (exact) mass is 148 g/mol. The molecule has 2 nitrogen and oxygen atoms in total. The molecule has 0 aliphatic heterocycles. The summed E-state index contributed by atoms with van der Waals surface area (Å²) in [5, 5.41) is 1.94. The highest BCUT2D eigenvalue weighted by molar-refractivity contribution is 5.25. The zero-order chi connectivity index (χ0) is 8.27. The Hall–Kier alpha value is -1.31. The van der Waals surface area contributed by atoms with Crippen LogP contribution in [0, 0.1) is 6.92 Å². The maximum absolute atomic E-state index is 5.39. The molecule has 11 heavy (non-hydrogen) atoms. The van der Waals surface area contributed by atoms with Crippen molar-refractivity contribution in [3.8, 4) is 0 Å². The minimum Gasteiger partial charge on any atom is -0.403 e. The Morgan fingerprint density at radius 1 is 1.45 bits per heavy atom. The average molecular weight is 148 g/mol. The van der Waals surface area contributed by atoms with Crippen LogP contribution in [0.4, 0.5) is 0 Å². The highest BCUT2D eigenvalue weighted by Gasteiger charge is 1.85. The molecule has 0 aromatic carbocycles. The quantitative estimate of drug-likeness (QED) is 0.557. The third-order valence-electron chi connectivity index (χ3n) is 1.57. The van der Waals surface area contributed by atoms with Crippen molar-refractivity contribution in [2.45, 2.75) is 13.8 Å². The molecule has 0 radical (unpaired) electrons. The lowest BCUT2D eigenvalue weighted by Gasteiger charge is -1.91. The SMILES string of the molecule is C/C=c1/ccc(C)n/c1=C/N. The minimum atomic E-state index is 0.854. The van der Waals surface area contributed by atoms with Crippen molar-refractivity contribution in [3.63, 3.8) is 0 Å². The zero-order valence-corrected chi connectivity index (χ0v) is 6.83. The number of pyridine rings is 1. The van der Waals surface area contributed by atoms with Crippen LogP contribution >= 0.6 is 0 Å². The lowest BCUT2D eigenvalue weighted by Crippen LogP contribution is -2.29. The summed E-state index contributed by atoms with van der Waals surface area (Å²) in [6, 6.07) is 3.99. The van der Waals surface area contributed by atoms with Crippen LogP contribution in [0.5, 0.6) is 0 Å². The molecule has 0 aliphatic rings. The van der Waals surface area contributed by atoms with Gasteiger partial charge in [0.05, 0.1) is 5.35 Å². The standard InChI is InChI=1S/C9H12N2/c1-3-8-5-4-7(2)11-9(8)6-10/h3-6H,10H2,1-2H3/b8-3-,9-6+. The molecular weight excluding hydrogens is 136 g/mol. The first kappa shape index (κ1) is 7.79. The first-order valence-corrected chi connectivity index (χ1v) is 3.60. The summed E-state index contributed by atoms with van der Waals surface area (Å²) in [4.78, 5) is 4.25. The van der Waals surface area contributed by atoms with Crippen LogP contribution in [0.2, 0.25) is 0 Å². The Bertz CT molecular complexity index is 352. The van der Waals surface area contributed by atoms with Gasteiger partial charge in [-0.05, 0) is 25.1 Å². The summed E-state index contributed by atoms with van der Waals surface area (Å²) in [7, 11) is 0. The van der Waals surface area contributed by atoms with Crippen molar-refractivity contribution < 1.29 is 0 Å². The Balaban J connectivity index is 3.55. The lowest BCUT2D eigenvalue weighted by atomic mass is 10.3. The molecule has 0 atom stereocenters. The Morgan fingerprint density at radius 3 is 2.73 bits per heavy atom. The van der Waals surface area contributed by atoms with Gasteiger partial charge in [-0.2, -0.15) is 0 Å². The fraction of sp³-hybridized carbons (Fsp3) is 0.222. The molecule has 0 saturated carbocycles. The summed E-state index contributed by atoms with van der Waals surface area (Å²) in [5.74, 6) is 0. The van der Waals surface area contributed by atoms with E-state index in [1.165, 1.54) is 6.20 Å². The van der Waals surface area contributed by atoms with Gasteiger partial charge in [-0.1, -0.05) is 12.1 Å². The average Bonchev–Trinajstić information content (AvgIpc) is 2.04. The number of aromatic nitrogens is 1. The van der Waals surface area contributed by atoms with E-state index in [2.05, 4.69) is 4.98 Å². The molecule has 0 unspecified atom stereocenters. The van der Waals surface area contributed by atoms with Crippen molar-refractivity contribution in [1.82, 2.24) is 4.98 Å². The number of hydrogen-bond donors (Lipinski definition) is 1. The number of nitrogens with two attached hydrogens (primary N) is 1. The van der Waals surface area contributed by atoms with Crippen molar-refractivity contribution in [2.24, 2.45) is 5.73 Å². The predicted molar refractivity (Wildman–Crippen MR) is 47.0 cm³/mol. The van der Waals surface area contributed by atoms with Crippen LogP contribution in [-0.2, 0) is 0 Å². The summed E-state index contributed by atoms with van der Waals surface area (Å²) in [5.41, 5.74) is 6.38. The highest BCUT2D eigenvalue weighted by atomic mass is 14.7. The molecule has 0 amide bonds. The Kier molecular flexibility index (Phi) is 2.26. The Morgan fingerprint density at radius 2 is 2.18 bits per heavy atom. The first-order chi connectivity index (χ1) is 5.27.